The maximum absolute atomic E-state index is 12.9. The first kappa shape index (κ1) is 17.9. The highest BCUT2D eigenvalue weighted by Gasteiger charge is 2.14. The number of nitrogens with zero attached hydrogens (tertiary/aromatic N) is 5. The molecule has 140 valence electrons. The number of nitrogens with one attached hydrogen (secondary N) is 1. The van der Waals surface area contributed by atoms with Crippen molar-refractivity contribution in [3.05, 3.63) is 70.5 Å². The molecule has 0 spiro atoms. The van der Waals surface area contributed by atoms with E-state index in [2.05, 4.69) is 20.8 Å². The van der Waals surface area contributed by atoms with Crippen molar-refractivity contribution >= 4 is 34.3 Å². The van der Waals surface area contributed by atoms with Crippen LogP contribution in [0.1, 0.15) is 10.4 Å². The van der Waals surface area contributed by atoms with Gasteiger partial charge in [-0.1, -0.05) is 36.0 Å². The summed E-state index contributed by atoms with van der Waals surface area (Å²) in [6.45, 7) is 0. The van der Waals surface area contributed by atoms with E-state index in [0.29, 0.717) is 27.3 Å². The molecule has 2 aromatic heterocycles. The molecule has 0 radical (unpaired) electrons. The number of amides is 1. The second-order valence-corrected chi connectivity index (χ2v) is 6.83. The maximum Gasteiger partial charge on any atom is 0.256 e. The molecule has 4 aromatic rings. The van der Waals surface area contributed by atoms with E-state index < -0.39 is 0 Å². The summed E-state index contributed by atoms with van der Waals surface area (Å²) in [6.07, 6.45) is 1.88. The Morgan fingerprint density at radius 3 is 2.75 bits per heavy atom. The van der Waals surface area contributed by atoms with E-state index in [4.69, 9.17) is 0 Å². The predicted molar refractivity (Wildman–Crippen MR) is 108 cm³/mol. The molecule has 0 unspecified atom stereocenters. The minimum Gasteiger partial charge on any atom is -0.322 e. The van der Waals surface area contributed by atoms with Crippen molar-refractivity contribution in [2.75, 3.05) is 11.6 Å². The molecule has 0 saturated carbocycles. The van der Waals surface area contributed by atoms with Crippen LogP contribution in [0.25, 0.3) is 16.6 Å². The van der Waals surface area contributed by atoms with E-state index in [1.54, 1.807) is 29.9 Å². The zero-order chi connectivity index (χ0) is 19.7. The van der Waals surface area contributed by atoms with Gasteiger partial charge in [-0.25, -0.2) is 0 Å². The van der Waals surface area contributed by atoms with Crippen LogP contribution in [0, 0.1) is 0 Å². The van der Waals surface area contributed by atoms with E-state index in [1.165, 1.54) is 22.4 Å². The predicted octanol–water partition coefficient (Wildman–Crippen LogP) is 2.49. The Hall–Kier alpha value is -3.46. The van der Waals surface area contributed by atoms with E-state index in [0.717, 1.165) is 5.69 Å². The second kappa shape index (κ2) is 7.28. The summed E-state index contributed by atoms with van der Waals surface area (Å²) in [5, 5.41) is 15.8. The van der Waals surface area contributed by atoms with Gasteiger partial charge >= 0.3 is 0 Å². The van der Waals surface area contributed by atoms with E-state index >= 15 is 0 Å². The van der Waals surface area contributed by atoms with Gasteiger partial charge < -0.3 is 9.88 Å². The summed E-state index contributed by atoms with van der Waals surface area (Å²) in [4.78, 5) is 25.1. The van der Waals surface area contributed by atoms with Crippen molar-refractivity contribution in [2.45, 2.75) is 5.16 Å². The molecule has 0 aliphatic heterocycles. The first-order chi connectivity index (χ1) is 13.6. The van der Waals surface area contributed by atoms with Gasteiger partial charge in [0.05, 0.1) is 16.8 Å². The molecule has 2 aromatic carbocycles. The number of para-hydroxylation sites is 1. The van der Waals surface area contributed by atoms with Gasteiger partial charge in [-0.3, -0.25) is 9.59 Å². The Balaban J connectivity index is 1.71. The zero-order valence-electron chi connectivity index (χ0n) is 15.2. The van der Waals surface area contributed by atoms with Crippen LogP contribution in [0.3, 0.4) is 0 Å². The molecule has 0 aliphatic rings. The number of carbonyl (C=O) groups is 1. The Morgan fingerprint density at radius 1 is 1.11 bits per heavy atom. The summed E-state index contributed by atoms with van der Waals surface area (Å²) >= 11 is 1.42. The lowest BCUT2D eigenvalue weighted by molar-refractivity contribution is 0.102. The Morgan fingerprint density at radius 2 is 1.93 bits per heavy atom. The minimum absolute atomic E-state index is 0.240. The lowest BCUT2D eigenvalue weighted by Gasteiger charge is -2.11. The van der Waals surface area contributed by atoms with Crippen LogP contribution in [0.2, 0.25) is 0 Å². The third-order valence-corrected chi connectivity index (χ3v) is 4.99. The van der Waals surface area contributed by atoms with Gasteiger partial charge in [0.1, 0.15) is 0 Å². The Labute approximate surface area is 164 Å². The van der Waals surface area contributed by atoms with Crippen LogP contribution in [-0.2, 0) is 7.05 Å². The van der Waals surface area contributed by atoms with Crippen molar-refractivity contribution in [1.82, 2.24) is 24.8 Å². The number of fused-ring (bicyclic) bond motifs is 1. The molecule has 0 fully saturated rings. The summed E-state index contributed by atoms with van der Waals surface area (Å²) in [5.74, 6) is -0.354. The first-order valence-corrected chi connectivity index (χ1v) is 9.64. The molecule has 1 amide bonds. The number of anilines is 1. The van der Waals surface area contributed by atoms with Gasteiger partial charge in [0, 0.05) is 24.2 Å². The zero-order valence-corrected chi connectivity index (χ0v) is 16.0. The van der Waals surface area contributed by atoms with Crippen molar-refractivity contribution in [2.24, 2.45) is 7.05 Å². The number of rotatable bonds is 4. The molecule has 2 heterocycles. The number of hydrogen-bond acceptors (Lipinski definition) is 6. The molecule has 0 atom stereocenters. The Bertz CT molecular complexity index is 1250. The average Bonchev–Trinajstić information content (AvgIpc) is 3.20. The molecule has 0 bridgehead atoms. The number of thioether (sulfide) groups is 1. The van der Waals surface area contributed by atoms with Gasteiger partial charge in [0.2, 0.25) is 5.16 Å². The normalized spacial score (nSPS) is 10.9. The molecule has 8 nitrogen and oxygen atoms in total. The molecule has 1 N–H and O–H groups in total. The summed E-state index contributed by atoms with van der Waals surface area (Å²) in [5.41, 5.74) is 2.09. The van der Waals surface area contributed by atoms with Crippen LogP contribution < -0.4 is 10.9 Å². The van der Waals surface area contributed by atoms with Crippen LogP contribution in [0.15, 0.2) is 64.5 Å². The van der Waals surface area contributed by atoms with Gasteiger partial charge in [-0.2, -0.15) is 4.68 Å². The monoisotopic (exact) mass is 392 g/mol. The number of benzene rings is 2. The number of carbonyl (C=O) groups excluding carboxylic acids is 1. The highest BCUT2D eigenvalue weighted by molar-refractivity contribution is 7.98. The average molecular weight is 392 g/mol. The quantitative estimate of drug-likeness (QED) is 0.536. The van der Waals surface area contributed by atoms with Gasteiger partial charge in [-0.05, 0) is 40.9 Å². The maximum atomic E-state index is 12.9. The number of aromatic nitrogens is 5. The van der Waals surface area contributed by atoms with Crippen molar-refractivity contribution in [1.29, 1.82) is 0 Å². The van der Waals surface area contributed by atoms with Gasteiger partial charge in [0.25, 0.3) is 11.5 Å². The molecular formula is C19H16N6O2S. The fourth-order valence-corrected chi connectivity index (χ4v) is 3.41. The molecule has 0 saturated heterocycles. The summed E-state index contributed by atoms with van der Waals surface area (Å²) in [6, 6.07) is 15.9. The topological polar surface area (TPSA) is 94.7 Å². The van der Waals surface area contributed by atoms with Crippen LogP contribution in [-0.4, -0.2) is 36.9 Å². The number of aryl methyl sites for hydroxylation is 1. The molecule has 0 aliphatic carbocycles. The minimum atomic E-state index is -0.354. The molecule has 28 heavy (non-hydrogen) atoms. The van der Waals surface area contributed by atoms with E-state index in [1.807, 2.05) is 36.6 Å². The van der Waals surface area contributed by atoms with E-state index in [9.17, 15) is 9.59 Å². The molecular weight excluding hydrogens is 376 g/mol. The van der Waals surface area contributed by atoms with Crippen molar-refractivity contribution in [3.63, 3.8) is 0 Å². The fraction of sp³-hybridized carbons (Fsp3) is 0.105. The third-order valence-electron chi connectivity index (χ3n) is 4.37. The van der Waals surface area contributed by atoms with E-state index in [-0.39, 0.29) is 11.5 Å². The number of pyridine rings is 1. The highest BCUT2D eigenvalue weighted by Crippen LogP contribution is 2.21. The van der Waals surface area contributed by atoms with Crippen molar-refractivity contribution in [3.8, 4) is 5.69 Å². The standard InChI is InChI=1S/C19H16N6O2S/c1-24-16-9-4-3-8-14(16)15(11-17(24)26)18(27)20-12-6-5-7-13(10-12)25-19(28-2)21-22-23-25/h3-11H,1-2H3,(H,20,27). The fourth-order valence-electron chi connectivity index (χ4n) is 2.98. The SMILES string of the molecule is CSc1nnnn1-c1cccc(NC(=O)c2cc(=O)n(C)c3ccccc23)c1. The van der Waals surface area contributed by atoms with Crippen molar-refractivity contribution < 1.29 is 4.79 Å². The lowest BCUT2D eigenvalue weighted by atomic mass is 10.1. The number of tetrazole rings is 1. The summed E-state index contributed by atoms with van der Waals surface area (Å²) < 4.78 is 3.11. The van der Waals surface area contributed by atoms with Crippen LogP contribution >= 0.6 is 11.8 Å². The second-order valence-electron chi connectivity index (χ2n) is 6.05. The molecule has 4 rings (SSSR count). The smallest absolute Gasteiger partial charge is 0.256 e. The third kappa shape index (κ3) is 3.16. The van der Waals surface area contributed by atoms with Crippen LogP contribution in [0.5, 0.6) is 0 Å². The van der Waals surface area contributed by atoms with Gasteiger partial charge in [0.15, 0.2) is 0 Å². The van der Waals surface area contributed by atoms with Gasteiger partial charge in [-0.15, -0.1) is 5.10 Å². The highest BCUT2D eigenvalue weighted by atomic mass is 32.2. The van der Waals surface area contributed by atoms with Crippen LogP contribution in [0.4, 0.5) is 5.69 Å². The molecule has 9 heteroatoms. The lowest BCUT2D eigenvalue weighted by Crippen LogP contribution is -2.21. The Kier molecular flexibility index (Phi) is 4.66. The largest absolute Gasteiger partial charge is 0.322 e. The number of hydrogen-bond donors (Lipinski definition) is 1. The first-order valence-electron chi connectivity index (χ1n) is 8.41. The summed E-state index contributed by atoms with van der Waals surface area (Å²) in [7, 11) is 1.69.